The molecule has 106 valence electrons. The lowest BCUT2D eigenvalue weighted by atomic mass is 9.97. The summed E-state index contributed by atoms with van der Waals surface area (Å²) in [5.41, 5.74) is 0.812. The molecule has 1 N–H and O–H groups in total. The van der Waals surface area contributed by atoms with Crippen molar-refractivity contribution in [2.24, 2.45) is 5.92 Å². The number of benzene rings is 1. The number of carbonyl (C=O) groups is 1. The van der Waals surface area contributed by atoms with Crippen molar-refractivity contribution in [2.45, 2.75) is 19.3 Å². The minimum absolute atomic E-state index is 0.00884. The molecule has 1 atom stereocenters. The smallest absolute Gasteiger partial charge is 0.228 e. The lowest BCUT2D eigenvalue weighted by Gasteiger charge is -2.31. The Kier molecular flexibility index (Phi) is 5.57. The second-order valence-electron chi connectivity index (χ2n) is 5.02. The van der Waals surface area contributed by atoms with Crippen molar-refractivity contribution >= 4 is 27.5 Å². The molecule has 1 aromatic carbocycles. The molecular formula is C15H18BrN3O. The standard InChI is InChI=1S/C15H18BrN3O/c16-13-6-1-2-7-14(13)18-15(20)12-5-3-9-19(11-12)10-4-8-17/h1-2,6-7,12H,3-5,9-11H2,(H,18,20). The van der Waals surface area contributed by atoms with Crippen molar-refractivity contribution in [3.05, 3.63) is 28.7 Å². The topological polar surface area (TPSA) is 56.1 Å². The number of nitrogens with one attached hydrogen (secondary N) is 1. The van der Waals surface area contributed by atoms with Crippen LogP contribution < -0.4 is 5.32 Å². The van der Waals surface area contributed by atoms with Gasteiger partial charge in [-0.05, 0) is 47.4 Å². The van der Waals surface area contributed by atoms with E-state index in [1.807, 2.05) is 24.3 Å². The SMILES string of the molecule is N#CCCN1CCCC(C(=O)Nc2ccccc2Br)C1. The summed E-state index contributed by atoms with van der Waals surface area (Å²) in [5.74, 6) is 0.0770. The highest BCUT2D eigenvalue weighted by Gasteiger charge is 2.25. The molecule has 1 heterocycles. The van der Waals surface area contributed by atoms with Crippen LogP contribution in [0.5, 0.6) is 0 Å². The van der Waals surface area contributed by atoms with Gasteiger partial charge in [0.2, 0.25) is 5.91 Å². The maximum atomic E-state index is 12.3. The van der Waals surface area contributed by atoms with Crippen LogP contribution in [0, 0.1) is 17.2 Å². The fourth-order valence-corrected chi connectivity index (χ4v) is 2.86. The first-order valence-electron chi connectivity index (χ1n) is 6.85. The van der Waals surface area contributed by atoms with E-state index in [-0.39, 0.29) is 11.8 Å². The molecule has 1 aromatic rings. The highest BCUT2D eigenvalue weighted by atomic mass is 79.9. The molecule has 5 heteroatoms. The lowest BCUT2D eigenvalue weighted by molar-refractivity contribution is -0.121. The van der Waals surface area contributed by atoms with Crippen molar-refractivity contribution in [1.82, 2.24) is 4.90 Å². The summed E-state index contributed by atoms with van der Waals surface area (Å²) in [6.07, 6.45) is 2.46. The number of likely N-dealkylation sites (tertiary alicyclic amines) is 1. The third-order valence-electron chi connectivity index (χ3n) is 3.55. The van der Waals surface area contributed by atoms with Gasteiger partial charge in [-0.3, -0.25) is 4.79 Å². The number of piperidine rings is 1. The van der Waals surface area contributed by atoms with Crippen molar-refractivity contribution in [1.29, 1.82) is 5.26 Å². The van der Waals surface area contributed by atoms with Crippen molar-refractivity contribution < 1.29 is 4.79 Å². The lowest BCUT2D eigenvalue weighted by Crippen LogP contribution is -2.41. The number of halogens is 1. The van der Waals surface area contributed by atoms with Crippen molar-refractivity contribution in [3.63, 3.8) is 0 Å². The molecule has 20 heavy (non-hydrogen) atoms. The zero-order chi connectivity index (χ0) is 14.4. The first-order chi connectivity index (χ1) is 9.70. The van der Waals surface area contributed by atoms with E-state index in [1.54, 1.807) is 0 Å². The van der Waals surface area contributed by atoms with E-state index in [4.69, 9.17) is 5.26 Å². The normalized spacial score (nSPS) is 19.3. The van der Waals surface area contributed by atoms with E-state index in [1.165, 1.54) is 0 Å². The summed E-state index contributed by atoms with van der Waals surface area (Å²) in [4.78, 5) is 14.5. The van der Waals surface area contributed by atoms with Gasteiger partial charge < -0.3 is 10.2 Å². The quantitative estimate of drug-likeness (QED) is 0.920. The number of amides is 1. The Labute approximate surface area is 127 Å². The molecule has 1 aliphatic heterocycles. The number of hydrogen-bond acceptors (Lipinski definition) is 3. The summed E-state index contributed by atoms with van der Waals surface area (Å²) < 4.78 is 0.894. The summed E-state index contributed by atoms with van der Waals surface area (Å²) in [6, 6.07) is 9.78. The molecule has 1 amide bonds. The van der Waals surface area contributed by atoms with Gasteiger partial charge in [-0.2, -0.15) is 5.26 Å². The molecule has 1 saturated heterocycles. The Morgan fingerprint density at radius 1 is 1.50 bits per heavy atom. The van der Waals surface area contributed by atoms with Gasteiger partial charge in [0.15, 0.2) is 0 Å². The first-order valence-corrected chi connectivity index (χ1v) is 7.64. The molecule has 0 radical (unpaired) electrons. The summed E-state index contributed by atoms with van der Waals surface area (Å²) in [7, 11) is 0. The third-order valence-corrected chi connectivity index (χ3v) is 4.24. The van der Waals surface area contributed by atoms with Crippen LogP contribution in [0.15, 0.2) is 28.7 Å². The van der Waals surface area contributed by atoms with Crippen LogP contribution in [-0.4, -0.2) is 30.4 Å². The Hall–Kier alpha value is -1.38. The number of anilines is 1. The van der Waals surface area contributed by atoms with Crippen LogP contribution in [-0.2, 0) is 4.79 Å². The number of carbonyl (C=O) groups excluding carboxylic acids is 1. The molecular weight excluding hydrogens is 318 g/mol. The van der Waals surface area contributed by atoms with E-state index < -0.39 is 0 Å². The molecule has 1 fully saturated rings. The van der Waals surface area contributed by atoms with Gasteiger partial charge in [0.1, 0.15) is 0 Å². The Balaban J connectivity index is 1.92. The average Bonchev–Trinajstić information content (AvgIpc) is 2.48. The van der Waals surface area contributed by atoms with E-state index in [2.05, 4.69) is 32.2 Å². The van der Waals surface area contributed by atoms with Gasteiger partial charge in [-0.15, -0.1) is 0 Å². The van der Waals surface area contributed by atoms with Crippen LogP contribution in [0.1, 0.15) is 19.3 Å². The van der Waals surface area contributed by atoms with E-state index in [9.17, 15) is 4.79 Å². The molecule has 1 aliphatic rings. The summed E-state index contributed by atoms with van der Waals surface area (Å²) in [5, 5.41) is 11.6. The maximum absolute atomic E-state index is 12.3. The highest BCUT2D eigenvalue weighted by molar-refractivity contribution is 9.10. The molecule has 0 aromatic heterocycles. The average molecular weight is 336 g/mol. The monoisotopic (exact) mass is 335 g/mol. The zero-order valence-corrected chi connectivity index (χ0v) is 12.9. The van der Waals surface area contributed by atoms with Crippen LogP contribution >= 0.6 is 15.9 Å². The van der Waals surface area contributed by atoms with Crippen LogP contribution in [0.4, 0.5) is 5.69 Å². The first kappa shape index (κ1) is 15.0. The largest absolute Gasteiger partial charge is 0.325 e. The van der Waals surface area contributed by atoms with Gasteiger partial charge in [0.05, 0.1) is 17.7 Å². The van der Waals surface area contributed by atoms with Crippen LogP contribution in [0.3, 0.4) is 0 Å². The minimum atomic E-state index is 0.00884. The Morgan fingerprint density at radius 3 is 3.05 bits per heavy atom. The van der Waals surface area contributed by atoms with Gasteiger partial charge >= 0.3 is 0 Å². The van der Waals surface area contributed by atoms with Gasteiger partial charge in [0.25, 0.3) is 0 Å². The van der Waals surface area contributed by atoms with Crippen LogP contribution in [0.25, 0.3) is 0 Å². The third kappa shape index (κ3) is 4.06. The molecule has 2 rings (SSSR count). The molecule has 0 saturated carbocycles. The van der Waals surface area contributed by atoms with Crippen molar-refractivity contribution in [2.75, 3.05) is 25.0 Å². The Bertz CT molecular complexity index is 512. The fraction of sp³-hybridized carbons (Fsp3) is 0.467. The molecule has 1 unspecified atom stereocenters. The van der Waals surface area contributed by atoms with Gasteiger partial charge in [-0.1, -0.05) is 12.1 Å². The maximum Gasteiger partial charge on any atom is 0.228 e. The number of hydrogen-bond donors (Lipinski definition) is 1. The number of nitrogens with zero attached hydrogens (tertiary/aromatic N) is 2. The number of nitriles is 1. The summed E-state index contributed by atoms with van der Waals surface area (Å²) >= 11 is 3.43. The predicted octanol–water partition coefficient (Wildman–Crippen LogP) is 3.01. The van der Waals surface area contributed by atoms with E-state index in [0.717, 1.165) is 42.6 Å². The fourth-order valence-electron chi connectivity index (χ4n) is 2.48. The summed E-state index contributed by atoms with van der Waals surface area (Å²) in [6.45, 7) is 2.49. The number of rotatable bonds is 4. The van der Waals surface area contributed by atoms with Crippen LogP contribution in [0.2, 0.25) is 0 Å². The molecule has 0 bridgehead atoms. The predicted molar refractivity (Wildman–Crippen MR) is 82.2 cm³/mol. The number of para-hydroxylation sites is 1. The molecule has 0 spiro atoms. The molecule has 4 nitrogen and oxygen atoms in total. The minimum Gasteiger partial charge on any atom is -0.325 e. The Morgan fingerprint density at radius 2 is 2.30 bits per heavy atom. The zero-order valence-electron chi connectivity index (χ0n) is 11.3. The van der Waals surface area contributed by atoms with Gasteiger partial charge in [0, 0.05) is 24.0 Å². The second-order valence-corrected chi connectivity index (χ2v) is 5.87. The highest BCUT2D eigenvalue weighted by Crippen LogP contribution is 2.24. The van der Waals surface area contributed by atoms with Gasteiger partial charge in [-0.25, -0.2) is 0 Å². The van der Waals surface area contributed by atoms with E-state index >= 15 is 0 Å². The second kappa shape index (κ2) is 7.41. The van der Waals surface area contributed by atoms with E-state index in [0.29, 0.717) is 6.42 Å². The molecule has 0 aliphatic carbocycles. The van der Waals surface area contributed by atoms with Crippen molar-refractivity contribution in [3.8, 4) is 6.07 Å².